The number of likely N-dealkylation sites (N-methyl/N-ethyl adjacent to an activating group) is 1. The average Bonchev–Trinajstić information content (AvgIpc) is 3.06. The molecule has 0 bridgehead atoms. The van der Waals surface area contributed by atoms with Crippen LogP contribution in [0.1, 0.15) is 29.3 Å². The maximum Gasteiger partial charge on any atom is 0.257 e. The van der Waals surface area contributed by atoms with Crippen molar-refractivity contribution in [2.75, 3.05) is 32.7 Å². The standard InChI is InChI=1S/C24H28N4O/c1-3-26-14-7-15-27(17-16-26)24(29)22-18-28(21-12-10-19(2)11-13-21)25-23(22)20-8-5-4-6-9-20/h4-6,8-13,18H,3,7,14-17H2,1-2H3. The van der Waals surface area contributed by atoms with Gasteiger partial charge in [-0.15, -0.1) is 0 Å². The second kappa shape index (κ2) is 8.62. The quantitative estimate of drug-likeness (QED) is 0.678. The number of hydrogen-bond donors (Lipinski definition) is 0. The number of nitrogens with zero attached hydrogens (tertiary/aromatic N) is 4. The Morgan fingerprint density at radius 2 is 1.72 bits per heavy atom. The molecule has 3 aromatic rings. The Morgan fingerprint density at radius 3 is 2.45 bits per heavy atom. The summed E-state index contributed by atoms with van der Waals surface area (Å²) in [5, 5.41) is 4.81. The summed E-state index contributed by atoms with van der Waals surface area (Å²) in [4.78, 5) is 17.9. The molecule has 1 aliphatic rings. The van der Waals surface area contributed by atoms with Crippen molar-refractivity contribution in [2.45, 2.75) is 20.3 Å². The van der Waals surface area contributed by atoms with Crippen molar-refractivity contribution in [2.24, 2.45) is 0 Å². The Morgan fingerprint density at radius 1 is 0.966 bits per heavy atom. The van der Waals surface area contributed by atoms with Crippen LogP contribution < -0.4 is 0 Å². The Kier molecular flexibility index (Phi) is 5.76. The Balaban J connectivity index is 1.71. The molecule has 0 radical (unpaired) electrons. The molecule has 1 aromatic heterocycles. The molecule has 0 atom stereocenters. The first-order chi connectivity index (χ1) is 14.2. The van der Waals surface area contributed by atoms with Gasteiger partial charge in [0, 0.05) is 31.4 Å². The Hall–Kier alpha value is -2.92. The maximum atomic E-state index is 13.5. The predicted molar refractivity (Wildman–Crippen MR) is 116 cm³/mol. The number of benzene rings is 2. The van der Waals surface area contributed by atoms with Gasteiger partial charge in [0.1, 0.15) is 5.69 Å². The van der Waals surface area contributed by atoms with Gasteiger partial charge in [-0.05, 0) is 38.6 Å². The molecule has 1 aliphatic heterocycles. The van der Waals surface area contributed by atoms with Gasteiger partial charge >= 0.3 is 0 Å². The highest BCUT2D eigenvalue weighted by molar-refractivity contribution is 6.00. The van der Waals surface area contributed by atoms with Crippen LogP contribution in [-0.4, -0.2) is 58.2 Å². The molecule has 5 nitrogen and oxygen atoms in total. The van der Waals surface area contributed by atoms with Crippen molar-refractivity contribution >= 4 is 5.91 Å². The summed E-state index contributed by atoms with van der Waals surface area (Å²) in [6.45, 7) is 8.80. The van der Waals surface area contributed by atoms with Crippen molar-refractivity contribution in [1.82, 2.24) is 19.6 Å². The lowest BCUT2D eigenvalue weighted by Gasteiger charge is -2.21. The van der Waals surface area contributed by atoms with Crippen LogP contribution >= 0.6 is 0 Å². The normalized spacial score (nSPS) is 15.3. The molecule has 0 unspecified atom stereocenters. The molecule has 0 spiro atoms. The van der Waals surface area contributed by atoms with E-state index in [1.807, 2.05) is 58.2 Å². The lowest BCUT2D eigenvalue weighted by molar-refractivity contribution is 0.0762. The second-order valence-corrected chi connectivity index (χ2v) is 7.62. The highest BCUT2D eigenvalue weighted by Crippen LogP contribution is 2.25. The molecule has 1 saturated heterocycles. The zero-order chi connectivity index (χ0) is 20.2. The smallest absolute Gasteiger partial charge is 0.257 e. The van der Waals surface area contributed by atoms with Crippen LogP contribution in [0.25, 0.3) is 16.9 Å². The first kappa shape index (κ1) is 19.4. The van der Waals surface area contributed by atoms with Gasteiger partial charge in [-0.1, -0.05) is 55.0 Å². The fraction of sp³-hybridized carbons (Fsp3) is 0.333. The zero-order valence-electron chi connectivity index (χ0n) is 17.2. The third-order valence-electron chi connectivity index (χ3n) is 5.61. The second-order valence-electron chi connectivity index (χ2n) is 7.62. The van der Waals surface area contributed by atoms with Crippen LogP contribution in [-0.2, 0) is 0 Å². The SMILES string of the molecule is CCN1CCCN(C(=O)c2cn(-c3ccc(C)cc3)nc2-c2ccccc2)CC1. The van der Waals surface area contributed by atoms with Crippen LogP contribution in [0.15, 0.2) is 60.8 Å². The Labute approximate surface area is 172 Å². The minimum absolute atomic E-state index is 0.0696. The number of hydrogen-bond acceptors (Lipinski definition) is 3. The van der Waals surface area contributed by atoms with Crippen molar-refractivity contribution in [3.8, 4) is 16.9 Å². The number of carbonyl (C=O) groups is 1. The molecule has 5 heteroatoms. The first-order valence-electron chi connectivity index (χ1n) is 10.4. The van der Waals surface area contributed by atoms with Crippen LogP contribution in [0, 0.1) is 6.92 Å². The minimum atomic E-state index is 0.0696. The molecule has 4 rings (SSSR count). The van der Waals surface area contributed by atoms with Gasteiger partial charge in [-0.3, -0.25) is 4.79 Å². The summed E-state index contributed by atoms with van der Waals surface area (Å²) in [7, 11) is 0. The van der Waals surface area contributed by atoms with Crippen LogP contribution in [0.3, 0.4) is 0 Å². The number of amides is 1. The molecular formula is C24H28N4O. The molecule has 29 heavy (non-hydrogen) atoms. The van der Waals surface area contributed by atoms with Gasteiger partial charge in [0.05, 0.1) is 11.3 Å². The van der Waals surface area contributed by atoms with E-state index in [9.17, 15) is 4.79 Å². The van der Waals surface area contributed by atoms with Crippen LogP contribution in [0.4, 0.5) is 0 Å². The fourth-order valence-corrected chi connectivity index (χ4v) is 3.83. The monoisotopic (exact) mass is 388 g/mol. The molecule has 0 N–H and O–H groups in total. The number of aromatic nitrogens is 2. The first-order valence-corrected chi connectivity index (χ1v) is 10.4. The van der Waals surface area contributed by atoms with Gasteiger partial charge in [0.25, 0.3) is 5.91 Å². The van der Waals surface area contributed by atoms with E-state index in [0.717, 1.165) is 56.1 Å². The molecule has 1 fully saturated rings. The van der Waals surface area contributed by atoms with E-state index >= 15 is 0 Å². The molecular weight excluding hydrogens is 360 g/mol. The number of rotatable bonds is 4. The summed E-state index contributed by atoms with van der Waals surface area (Å²) in [5.41, 5.74) is 4.53. The third kappa shape index (κ3) is 4.25. The lowest BCUT2D eigenvalue weighted by atomic mass is 10.1. The third-order valence-corrected chi connectivity index (χ3v) is 5.61. The highest BCUT2D eigenvalue weighted by atomic mass is 16.2. The van der Waals surface area contributed by atoms with Crippen LogP contribution in [0.5, 0.6) is 0 Å². The van der Waals surface area contributed by atoms with Gasteiger partial charge < -0.3 is 9.80 Å². The summed E-state index contributed by atoms with van der Waals surface area (Å²) in [6, 6.07) is 18.2. The number of aryl methyl sites for hydroxylation is 1. The van der Waals surface area contributed by atoms with Gasteiger partial charge in [0.15, 0.2) is 0 Å². The average molecular weight is 389 g/mol. The van der Waals surface area contributed by atoms with Crippen molar-refractivity contribution in [3.05, 3.63) is 71.9 Å². The predicted octanol–water partition coefficient (Wildman–Crippen LogP) is 4.02. The Bertz CT molecular complexity index is 962. The van der Waals surface area contributed by atoms with Gasteiger partial charge in [0.2, 0.25) is 0 Å². The molecule has 150 valence electrons. The molecule has 2 aromatic carbocycles. The topological polar surface area (TPSA) is 41.4 Å². The van der Waals surface area contributed by atoms with Crippen molar-refractivity contribution < 1.29 is 4.79 Å². The molecule has 0 aliphatic carbocycles. The van der Waals surface area contributed by atoms with E-state index in [0.29, 0.717) is 5.56 Å². The summed E-state index contributed by atoms with van der Waals surface area (Å²) in [5.74, 6) is 0.0696. The zero-order valence-corrected chi connectivity index (χ0v) is 17.2. The highest BCUT2D eigenvalue weighted by Gasteiger charge is 2.25. The fourth-order valence-electron chi connectivity index (χ4n) is 3.83. The van der Waals surface area contributed by atoms with E-state index in [2.05, 4.69) is 30.9 Å². The van der Waals surface area contributed by atoms with E-state index in [1.54, 1.807) is 0 Å². The van der Waals surface area contributed by atoms with Crippen LogP contribution in [0.2, 0.25) is 0 Å². The van der Waals surface area contributed by atoms with Crippen molar-refractivity contribution in [1.29, 1.82) is 0 Å². The maximum absolute atomic E-state index is 13.5. The van der Waals surface area contributed by atoms with Crippen molar-refractivity contribution in [3.63, 3.8) is 0 Å². The minimum Gasteiger partial charge on any atom is -0.337 e. The van der Waals surface area contributed by atoms with Gasteiger partial charge in [-0.2, -0.15) is 5.10 Å². The summed E-state index contributed by atoms with van der Waals surface area (Å²) < 4.78 is 1.82. The molecule has 1 amide bonds. The summed E-state index contributed by atoms with van der Waals surface area (Å²) in [6.07, 6.45) is 2.89. The molecule has 0 saturated carbocycles. The van der Waals surface area contributed by atoms with Gasteiger partial charge in [-0.25, -0.2) is 4.68 Å². The lowest BCUT2D eigenvalue weighted by Crippen LogP contribution is -2.35. The largest absolute Gasteiger partial charge is 0.337 e. The van der Waals surface area contributed by atoms with E-state index in [-0.39, 0.29) is 5.91 Å². The van der Waals surface area contributed by atoms with E-state index < -0.39 is 0 Å². The molecule has 2 heterocycles. The number of carbonyl (C=O) groups excluding carboxylic acids is 1. The summed E-state index contributed by atoms with van der Waals surface area (Å²) >= 11 is 0. The van der Waals surface area contributed by atoms with E-state index in [1.165, 1.54) is 5.56 Å². The van der Waals surface area contributed by atoms with E-state index in [4.69, 9.17) is 5.10 Å².